The summed E-state index contributed by atoms with van der Waals surface area (Å²) in [5, 5.41) is 6.62. The van der Waals surface area contributed by atoms with Gasteiger partial charge in [0.05, 0.1) is 0 Å². The second kappa shape index (κ2) is 11.5. The zero-order valence-electron chi connectivity index (χ0n) is 11.6. The van der Waals surface area contributed by atoms with E-state index >= 15 is 0 Å². The lowest BCUT2D eigenvalue weighted by Gasteiger charge is -2.11. The average molecular weight is 440 g/mol. The Labute approximate surface area is 141 Å². The molecule has 3 nitrogen and oxygen atoms in total. The topological polar surface area (TPSA) is 36.4 Å². The van der Waals surface area contributed by atoms with Crippen LogP contribution in [0.5, 0.6) is 0 Å². The molecule has 0 bridgehead atoms. The van der Waals surface area contributed by atoms with E-state index in [1.165, 1.54) is 24.8 Å². The normalized spacial score (nSPS) is 10.8. The van der Waals surface area contributed by atoms with Crippen LogP contribution in [0, 0.1) is 0 Å². The third-order valence-electron chi connectivity index (χ3n) is 2.65. The number of halogens is 2. The zero-order chi connectivity index (χ0) is 13.2. The molecule has 0 fully saturated rings. The molecule has 0 amide bonds. The monoisotopic (exact) mass is 439 g/mol. The van der Waals surface area contributed by atoms with Crippen LogP contribution in [0.1, 0.15) is 31.7 Å². The Hall–Kier alpha value is -0.300. The third kappa shape index (κ3) is 8.47. The highest BCUT2D eigenvalue weighted by molar-refractivity contribution is 14.0. The van der Waals surface area contributed by atoms with Gasteiger partial charge in [-0.15, -0.1) is 24.0 Å². The molecule has 0 aliphatic heterocycles. The molecule has 0 saturated heterocycles. The molecule has 19 heavy (non-hydrogen) atoms. The summed E-state index contributed by atoms with van der Waals surface area (Å²) in [4.78, 5) is 4.21. The van der Waals surface area contributed by atoms with Gasteiger partial charge in [-0.2, -0.15) is 0 Å². The van der Waals surface area contributed by atoms with Crippen molar-refractivity contribution in [1.82, 2.24) is 10.6 Å². The SMILES string of the molecule is CCCCCNC(=NC)NCc1cccc(Br)c1.I. The molecule has 0 saturated carbocycles. The van der Waals surface area contributed by atoms with Gasteiger partial charge in [0.1, 0.15) is 0 Å². The molecular formula is C14H23BrIN3. The number of benzene rings is 1. The van der Waals surface area contributed by atoms with E-state index in [9.17, 15) is 0 Å². The fourth-order valence-corrected chi connectivity index (χ4v) is 2.08. The van der Waals surface area contributed by atoms with E-state index in [1.54, 1.807) is 7.05 Å². The summed E-state index contributed by atoms with van der Waals surface area (Å²) in [5.41, 5.74) is 1.24. The van der Waals surface area contributed by atoms with Crippen LogP contribution >= 0.6 is 39.9 Å². The Bertz CT molecular complexity index is 383. The molecule has 1 aromatic carbocycles. The van der Waals surface area contributed by atoms with E-state index in [0.29, 0.717) is 0 Å². The maximum Gasteiger partial charge on any atom is 0.191 e. The standard InChI is InChI=1S/C14H22BrN3.HI/c1-3-4-5-9-17-14(16-2)18-11-12-7-6-8-13(15)10-12;/h6-8,10H,3-5,9,11H2,1-2H3,(H2,16,17,18);1H. The summed E-state index contributed by atoms with van der Waals surface area (Å²) in [5.74, 6) is 0.867. The lowest BCUT2D eigenvalue weighted by molar-refractivity contribution is 0.683. The molecule has 108 valence electrons. The van der Waals surface area contributed by atoms with Crippen molar-refractivity contribution >= 4 is 45.9 Å². The largest absolute Gasteiger partial charge is 0.356 e. The van der Waals surface area contributed by atoms with Gasteiger partial charge in [-0.25, -0.2) is 0 Å². The van der Waals surface area contributed by atoms with Gasteiger partial charge in [0.2, 0.25) is 0 Å². The third-order valence-corrected chi connectivity index (χ3v) is 3.14. The van der Waals surface area contributed by atoms with E-state index in [4.69, 9.17) is 0 Å². The van der Waals surface area contributed by atoms with E-state index < -0.39 is 0 Å². The molecule has 0 radical (unpaired) electrons. The second-order valence-electron chi connectivity index (χ2n) is 4.19. The number of hydrogen-bond donors (Lipinski definition) is 2. The highest BCUT2D eigenvalue weighted by Crippen LogP contribution is 2.11. The van der Waals surface area contributed by atoms with Gasteiger partial charge in [0.15, 0.2) is 5.96 Å². The number of guanidine groups is 1. The van der Waals surface area contributed by atoms with Crippen LogP contribution in [-0.2, 0) is 6.54 Å². The predicted molar refractivity (Wildman–Crippen MR) is 97.3 cm³/mol. The number of nitrogens with zero attached hydrogens (tertiary/aromatic N) is 1. The van der Waals surface area contributed by atoms with Crippen LogP contribution in [0.4, 0.5) is 0 Å². The van der Waals surface area contributed by atoms with Crippen LogP contribution in [-0.4, -0.2) is 19.6 Å². The summed E-state index contributed by atoms with van der Waals surface area (Å²) < 4.78 is 1.10. The van der Waals surface area contributed by atoms with Crippen LogP contribution < -0.4 is 10.6 Å². The lowest BCUT2D eigenvalue weighted by atomic mass is 10.2. The smallest absolute Gasteiger partial charge is 0.191 e. The fourth-order valence-electron chi connectivity index (χ4n) is 1.64. The van der Waals surface area contributed by atoms with Crippen molar-refractivity contribution in [1.29, 1.82) is 0 Å². The van der Waals surface area contributed by atoms with Crippen LogP contribution in [0.2, 0.25) is 0 Å². The summed E-state index contributed by atoms with van der Waals surface area (Å²) in [6.07, 6.45) is 3.69. The van der Waals surface area contributed by atoms with Crippen molar-refractivity contribution < 1.29 is 0 Å². The Morgan fingerprint density at radius 3 is 2.68 bits per heavy atom. The van der Waals surface area contributed by atoms with Crippen molar-refractivity contribution in [2.75, 3.05) is 13.6 Å². The van der Waals surface area contributed by atoms with Crippen molar-refractivity contribution in [2.24, 2.45) is 4.99 Å². The lowest BCUT2D eigenvalue weighted by Crippen LogP contribution is -2.37. The van der Waals surface area contributed by atoms with E-state index in [2.05, 4.69) is 50.6 Å². The van der Waals surface area contributed by atoms with Gasteiger partial charge in [-0.05, 0) is 24.1 Å². The molecule has 0 aromatic heterocycles. The van der Waals surface area contributed by atoms with Crippen LogP contribution in [0.15, 0.2) is 33.7 Å². The molecule has 0 aliphatic rings. The predicted octanol–water partition coefficient (Wildman–Crippen LogP) is 3.92. The Balaban J connectivity index is 0.00000324. The van der Waals surface area contributed by atoms with E-state index in [1.807, 2.05) is 12.1 Å². The Morgan fingerprint density at radius 2 is 2.05 bits per heavy atom. The summed E-state index contributed by atoms with van der Waals surface area (Å²) in [6.45, 7) is 3.97. The van der Waals surface area contributed by atoms with Gasteiger partial charge < -0.3 is 10.6 Å². The molecule has 1 aromatic rings. The highest BCUT2D eigenvalue weighted by atomic mass is 127. The van der Waals surface area contributed by atoms with Crippen molar-refractivity contribution in [2.45, 2.75) is 32.7 Å². The minimum absolute atomic E-state index is 0. The van der Waals surface area contributed by atoms with Gasteiger partial charge in [-0.1, -0.05) is 47.8 Å². The maximum absolute atomic E-state index is 4.21. The summed E-state index contributed by atoms with van der Waals surface area (Å²) in [6, 6.07) is 8.28. The van der Waals surface area contributed by atoms with Gasteiger partial charge in [-0.3, -0.25) is 4.99 Å². The molecule has 0 unspecified atom stereocenters. The average Bonchev–Trinajstić information content (AvgIpc) is 2.38. The minimum atomic E-state index is 0. The molecule has 1 rings (SSSR count). The quantitative estimate of drug-likeness (QED) is 0.305. The number of rotatable bonds is 6. The van der Waals surface area contributed by atoms with Crippen LogP contribution in [0.3, 0.4) is 0 Å². The molecular weight excluding hydrogens is 417 g/mol. The first-order chi connectivity index (χ1) is 8.76. The Morgan fingerprint density at radius 1 is 1.26 bits per heavy atom. The molecule has 0 heterocycles. The van der Waals surface area contributed by atoms with Crippen molar-refractivity contribution in [3.8, 4) is 0 Å². The van der Waals surface area contributed by atoms with Crippen LogP contribution in [0.25, 0.3) is 0 Å². The first-order valence-electron chi connectivity index (χ1n) is 6.45. The fraction of sp³-hybridized carbons (Fsp3) is 0.500. The molecule has 0 aliphatic carbocycles. The minimum Gasteiger partial charge on any atom is -0.356 e. The first-order valence-corrected chi connectivity index (χ1v) is 7.24. The number of hydrogen-bond acceptors (Lipinski definition) is 1. The van der Waals surface area contributed by atoms with Gasteiger partial charge in [0, 0.05) is 24.6 Å². The van der Waals surface area contributed by atoms with E-state index in [0.717, 1.165) is 23.5 Å². The maximum atomic E-state index is 4.21. The number of unbranched alkanes of at least 4 members (excludes halogenated alkanes) is 2. The molecule has 0 atom stereocenters. The highest BCUT2D eigenvalue weighted by Gasteiger charge is 1.98. The summed E-state index contributed by atoms with van der Waals surface area (Å²) in [7, 11) is 1.80. The van der Waals surface area contributed by atoms with Crippen molar-refractivity contribution in [3.63, 3.8) is 0 Å². The van der Waals surface area contributed by atoms with Gasteiger partial charge >= 0.3 is 0 Å². The number of aliphatic imine (C=N–C) groups is 1. The Kier molecular flexibility index (Phi) is 11.3. The van der Waals surface area contributed by atoms with Gasteiger partial charge in [0.25, 0.3) is 0 Å². The molecule has 0 spiro atoms. The number of nitrogens with one attached hydrogen (secondary N) is 2. The van der Waals surface area contributed by atoms with E-state index in [-0.39, 0.29) is 24.0 Å². The zero-order valence-corrected chi connectivity index (χ0v) is 15.5. The summed E-state index contributed by atoms with van der Waals surface area (Å²) >= 11 is 3.47. The second-order valence-corrected chi connectivity index (χ2v) is 5.11. The molecule has 2 N–H and O–H groups in total. The molecule has 5 heteroatoms. The van der Waals surface area contributed by atoms with Crippen molar-refractivity contribution in [3.05, 3.63) is 34.3 Å². The first kappa shape index (κ1) is 18.7.